The zero-order chi connectivity index (χ0) is 18.0. The highest BCUT2D eigenvalue weighted by Crippen LogP contribution is 2.32. The lowest BCUT2D eigenvalue weighted by Gasteiger charge is -2.34. The lowest BCUT2D eigenvalue weighted by molar-refractivity contribution is -0.150. The van der Waals surface area contributed by atoms with Gasteiger partial charge in [-0.2, -0.15) is 0 Å². The third-order valence-electron chi connectivity index (χ3n) is 4.73. The van der Waals surface area contributed by atoms with Crippen molar-refractivity contribution in [2.24, 2.45) is 5.92 Å². The first-order chi connectivity index (χ1) is 12.0. The summed E-state index contributed by atoms with van der Waals surface area (Å²) in [5.41, 5.74) is 0.417. The topological polar surface area (TPSA) is 66.9 Å². The molecule has 7 heteroatoms. The molecule has 0 aliphatic carbocycles. The maximum Gasteiger partial charge on any atom is 0.310 e. The van der Waals surface area contributed by atoms with Crippen LogP contribution in [0, 0.1) is 5.92 Å². The maximum absolute atomic E-state index is 12.9. The molecule has 25 heavy (non-hydrogen) atoms. The van der Waals surface area contributed by atoms with Crippen LogP contribution in [-0.4, -0.2) is 48.4 Å². The van der Waals surface area contributed by atoms with Crippen LogP contribution in [0.15, 0.2) is 24.3 Å². The average Bonchev–Trinajstić information content (AvgIpc) is 2.90. The quantitative estimate of drug-likeness (QED) is 0.605. The highest BCUT2D eigenvalue weighted by Gasteiger charge is 2.45. The van der Waals surface area contributed by atoms with Gasteiger partial charge in [0.2, 0.25) is 5.91 Å². The van der Waals surface area contributed by atoms with Gasteiger partial charge in [0.1, 0.15) is 0 Å². The summed E-state index contributed by atoms with van der Waals surface area (Å²) >= 11 is 6.15. The molecule has 2 amide bonds. The first-order valence-corrected chi connectivity index (χ1v) is 8.92. The Hall–Kier alpha value is -1.92. The molecule has 2 aliphatic rings. The van der Waals surface area contributed by atoms with E-state index in [0.29, 0.717) is 30.4 Å². The van der Waals surface area contributed by atoms with Gasteiger partial charge in [-0.1, -0.05) is 23.7 Å². The Morgan fingerprint density at radius 2 is 2.08 bits per heavy atom. The number of piperidine rings is 1. The highest BCUT2D eigenvalue weighted by molar-refractivity contribution is 6.36. The predicted molar refractivity (Wildman–Crippen MR) is 93.3 cm³/mol. The second-order valence-electron chi connectivity index (χ2n) is 6.32. The molecule has 2 fully saturated rings. The van der Waals surface area contributed by atoms with E-state index in [2.05, 4.69) is 0 Å². The molecule has 2 heterocycles. The number of carbonyl (C=O) groups is 3. The summed E-state index contributed by atoms with van der Waals surface area (Å²) in [5.74, 6) is -1.01. The summed E-state index contributed by atoms with van der Waals surface area (Å²) in [6.07, 6.45) is 1.66. The number of ether oxygens (including phenoxy) is 1. The van der Waals surface area contributed by atoms with Gasteiger partial charge >= 0.3 is 5.97 Å². The van der Waals surface area contributed by atoms with E-state index in [-0.39, 0.29) is 30.1 Å². The van der Waals surface area contributed by atoms with Gasteiger partial charge in [0, 0.05) is 6.54 Å². The molecule has 1 aromatic rings. The van der Waals surface area contributed by atoms with Crippen molar-refractivity contribution < 1.29 is 19.1 Å². The normalized spacial score (nSPS) is 24.6. The van der Waals surface area contributed by atoms with Crippen molar-refractivity contribution in [1.82, 2.24) is 4.90 Å². The number of anilines is 1. The molecular formula is C18H21ClN2O4. The van der Waals surface area contributed by atoms with E-state index < -0.39 is 6.04 Å². The van der Waals surface area contributed by atoms with Gasteiger partial charge in [-0.05, 0) is 38.4 Å². The van der Waals surface area contributed by atoms with Gasteiger partial charge in [-0.3, -0.25) is 19.3 Å². The molecule has 0 N–H and O–H groups in total. The van der Waals surface area contributed by atoms with E-state index in [1.54, 1.807) is 31.2 Å². The van der Waals surface area contributed by atoms with Crippen molar-refractivity contribution >= 4 is 35.1 Å². The number of rotatable bonds is 4. The van der Waals surface area contributed by atoms with E-state index >= 15 is 0 Å². The van der Waals surface area contributed by atoms with Crippen molar-refractivity contribution in [3.05, 3.63) is 29.3 Å². The van der Waals surface area contributed by atoms with Gasteiger partial charge < -0.3 is 4.74 Å². The van der Waals surface area contributed by atoms with Crippen LogP contribution in [0.1, 0.15) is 26.2 Å². The van der Waals surface area contributed by atoms with Gasteiger partial charge in [0.25, 0.3) is 5.91 Å². The van der Waals surface area contributed by atoms with Crippen molar-refractivity contribution in [3.8, 4) is 0 Å². The van der Waals surface area contributed by atoms with Gasteiger partial charge in [0.15, 0.2) is 0 Å². The minimum Gasteiger partial charge on any atom is -0.466 e. The van der Waals surface area contributed by atoms with Gasteiger partial charge in [-0.25, -0.2) is 4.90 Å². The summed E-state index contributed by atoms with van der Waals surface area (Å²) in [6.45, 7) is 3.25. The molecule has 1 aromatic carbocycles. The van der Waals surface area contributed by atoms with Crippen LogP contribution in [0.5, 0.6) is 0 Å². The molecule has 0 bridgehead atoms. The van der Waals surface area contributed by atoms with Crippen LogP contribution in [0.4, 0.5) is 5.69 Å². The summed E-state index contributed by atoms with van der Waals surface area (Å²) in [4.78, 5) is 40.4. The molecule has 6 nitrogen and oxygen atoms in total. The highest BCUT2D eigenvalue weighted by atomic mass is 35.5. The minimum atomic E-state index is -0.541. The van der Waals surface area contributed by atoms with E-state index in [0.717, 1.165) is 12.8 Å². The van der Waals surface area contributed by atoms with E-state index in [1.807, 2.05) is 4.90 Å². The number of nitrogens with zero attached hydrogens (tertiary/aromatic N) is 2. The fourth-order valence-electron chi connectivity index (χ4n) is 3.53. The molecule has 0 unspecified atom stereocenters. The Labute approximate surface area is 151 Å². The smallest absolute Gasteiger partial charge is 0.310 e. The molecule has 0 spiro atoms. The summed E-state index contributed by atoms with van der Waals surface area (Å²) in [6, 6.07) is 6.28. The van der Waals surface area contributed by atoms with Crippen LogP contribution in [-0.2, 0) is 19.1 Å². The van der Waals surface area contributed by atoms with Crippen LogP contribution < -0.4 is 4.90 Å². The zero-order valence-corrected chi connectivity index (χ0v) is 14.9. The zero-order valence-electron chi connectivity index (χ0n) is 14.1. The van der Waals surface area contributed by atoms with Crippen LogP contribution >= 0.6 is 11.6 Å². The van der Waals surface area contributed by atoms with E-state index in [4.69, 9.17) is 16.3 Å². The number of hydrogen-bond acceptors (Lipinski definition) is 5. The Balaban J connectivity index is 1.76. The Morgan fingerprint density at radius 3 is 2.80 bits per heavy atom. The largest absolute Gasteiger partial charge is 0.466 e. The van der Waals surface area contributed by atoms with Crippen LogP contribution in [0.3, 0.4) is 0 Å². The Bertz CT molecular complexity index is 693. The van der Waals surface area contributed by atoms with Crippen LogP contribution in [0.2, 0.25) is 5.02 Å². The predicted octanol–water partition coefficient (Wildman–Crippen LogP) is 2.25. The molecule has 2 atom stereocenters. The van der Waals surface area contributed by atoms with E-state index in [9.17, 15) is 14.4 Å². The third-order valence-corrected chi connectivity index (χ3v) is 5.05. The second-order valence-corrected chi connectivity index (χ2v) is 6.73. The first kappa shape index (κ1) is 17.9. The molecule has 3 rings (SSSR count). The standard InChI is InChI=1S/C18H21ClN2O4/c1-2-25-18(24)12-6-5-9-20(11-12)15-10-16(22)21(17(15)23)14-8-4-3-7-13(14)19/h3-4,7-8,12,15H,2,5-6,9-11H2,1H3/t12-,15-/m0/s1. The number of amides is 2. The molecule has 2 aliphatic heterocycles. The second kappa shape index (κ2) is 7.54. The fourth-order valence-corrected chi connectivity index (χ4v) is 3.75. The minimum absolute atomic E-state index is 0.111. The number of imide groups is 1. The van der Waals surface area contributed by atoms with Crippen molar-refractivity contribution in [2.75, 3.05) is 24.6 Å². The lowest BCUT2D eigenvalue weighted by Crippen LogP contribution is -2.48. The van der Waals surface area contributed by atoms with Crippen LogP contribution in [0.25, 0.3) is 0 Å². The first-order valence-electron chi connectivity index (χ1n) is 8.55. The Kier molecular flexibility index (Phi) is 5.39. The molecule has 134 valence electrons. The number of hydrogen-bond donors (Lipinski definition) is 0. The number of likely N-dealkylation sites (tertiary alicyclic amines) is 1. The number of para-hydroxylation sites is 1. The SMILES string of the molecule is CCOC(=O)[C@H]1CCCN([C@H]2CC(=O)N(c3ccccc3Cl)C2=O)C1. The summed E-state index contributed by atoms with van der Waals surface area (Å²) < 4.78 is 5.10. The third kappa shape index (κ3) is 3.55. The number of esters is 1. The van der Waals surface area contributed by atoms with E-state index in [1.165, 1.54) is 4.90 Å². The maximum atomic E-state index is 12.9. The lowest BCUT2D eigenvalue weighted by atomic mass is 9.96. The Morgan fingerprint density at radius 1 is 1.32 bits per heavy atom. The van der Waals surface area contributed by atoms with Crippen molar-refractivity contribution in [3.63, 3.8) is 0 Å². The molecule has 0 aromatic heterocycles. The van der Waals surface area contributed by atoms with Crippen molar-refractivity contribution in [2.45, 2.75) is 32.2 Å². The molecule has 0 radical (unpaired) electrons. The molecular weight excluding hydrogens is 344 g/mol. The number of halogens is 1. The van der Waals surface area contributed by atoms with Gasteiger partial charge in [-0.15, -0.1) is 0 Å². The van der Waals surface area contributed by atoms with Gasteiger partial charge in [0.05, 0.1) is 35.7 Å². The molecule has 2 saturated heterocycles. The number of carbonyl (C=O) groups excluding carboxylic acids is 3. The van der Waals surface area contributed by atoms with Crippen molar-refractivity contribution in [1.29, 1.82) is 0 Å². The monoisotopic (exact) mass is 364 g/mol. The number of benzene rings is 1. The average molecular weight is 365 g/mol. The fraction of sp³-hybridized carbons (Fsp3) is 0.500. The summed E-state index contributed by atoms with van der Waals surface area (Å²) in [7, 11) is 0. The molecule has 0 saturated carbocycles. The summed E-state index contributed by atoms with van der Waals surface area (Å²) in [5, 5.41) is 0.368.